The van der Waals surface area contributed by atoms with E-state index in [1.54, 1.807) is 7.11 Å². The van der Waals surface area contributed by atoms with Crippen molar-refractivity contribution >= 4 is 7.67 Å². The summed E-state index contributed by atoms with van der Waals surface area (Å²) in [6.07, 6.45) is 0. The van der Waals surface area contributed by atoms with Crippen molar-refractivity contribution in [2.45, 2.75) is 13.1 Å². The summed E-state index contributed by atoms with van der Waals surface area (Å²) >= 11 is 0. The first kappa shape index (κ1) is 18.3. The van der Waals surface area contributed by atoms with Gasteiger partial charge in [0.25, 0.3) is 0 Å². The van der Waals surface area contributed by atoms with Gasteiger partial charge in [-0.15, -0.1) is 0 Å². The molecule has 0 radical (unpaired) electrons. The van der Waals surface area contributed by atoms with Crippen LogP contribution in [0.4, 0.5) is 0 Å². The maximum absolute atomic E-state index is 13.3. The van der Waals surface area contributed by atoms with E-state index in [-0.39, 0.29) is 0 Å². The molecular formula is C19H26N3O2P. The van der Waals surface area contributed by atoms with Gasteiger partial charge in [0.05, 0.1) is 0 Å². The van der Waals surface area contributed by atoms with E-state index in [9.17, 15) is 4.57 Å². The monoisotopic (exact) mass is 359 g/mol. The molecule has 5 nitrogen and oxygen atoms in total. The van der Waals surface area contributed by atoms with Crippen LogP contribution in [-0.2, 0) is 22.2 Å². The minimum Gasteiger partial charge on any atom is -0.311 e. The second-order valence-corrected chi connectivity index (χ2v) is 8.64. The molecule has 134 valence electrons. The highest BCUT2D eigenvalue weighted by molar-refractivity contribution is 7.54. The highest BCUT2D eigenvalue weighted by Gasteiger charge is 2.43. The van der Waals surface area contributed by atoms with Crippen LogP contribution in [0.5, 0.6) is 0 Å². The van der Waals surface area contributed by atoms with Crippen LogP contribution < -0.4 is 5.32 Å². The van der Waals surface area contributed by atoms with Gasteiger partial charge in [0.1, 0.15) is 0 Å². The molecular weight excluding hydrogens is 333 g/mol. The van der Waals surface area contributed by atoms with Crippen molar-refractivity contribution in [3.05, 3.63) is 71.8 Å². The number of nitrogens with one attached hydrogen (secondary N) is 1. The maximum atomic E-state index is 13.3. The van der Waals surface area contributed by atoms with Gasteiger partial charge in [0.15, 0.2) is 0 Å². The van der Waals surface area contributed by atoms with Gasteiger partial charge in [-0.2, -0.15) is 0 Å². The van der Waals surface area contributed by atoms with Crippen LogP contribution in [0.3, 0.4) is 0 Å². The Labute approximate surface area is 150 Å². The Kier molecular flexibility index (Phi) is 6.40. The lowest BCUT2D eigenvalue weighted by Gasteiger charge is -2.28. The van der Waals surface area contributed by atoms with E-state index in [2.05, 4.69) is 29.6 Å². The van der Waals surface area contributed by atoms with Gasteiger partial charge in [-0.25, -0.2) is 9.34 Å². The molecule has 25 heavy (non-hydrogen) atoms. The molecule has 1 aliphatic rings. The largest absolute Gasteiger partial charge is 0.346 e. The third-order valence-corrected chi connectivity index (χ3v) is 7.14. The van der Waals surface area contributed by atoms with E-state index >= 15 is 0 Å². The van der Waals surface area contributed by atoms with Gasteiger partial charge in [-0.3, -0.25) is 4.57 Å². The average molecular weight is 359 g/mol. The van der Waals surface area contributed by atoms with Gasteiger partial charge >= 0.3 is 7.67 Å². The van der Waals surface area contributed by atoms with E-state index in [1.807, 2.05) is 45.7 Å². The molecule has 1 heterocycles. The van der Waals surface area contributed by atoms with Crippen molar-refractivity contribution in [3.63, 3.8) is 0 Å². The minimum atomic E-state index is -2.92. The Morgan fingerprint density at radius 1 is 0.960 bits per heavy atom. The van der Waals surface area contributed by atoms with Gasteiger partial charge in [-0.05, 0) is 11.1 Å². The van der Waals surface area contributed by atoms with Crippen LogP contribution >= 0.6 is 7.67 Å². The molecule has 2 aromatic rings. The van der Waals surface area contributed by atoms with Crippen LogP contribution in [0.1, 0.15) is 11.1 Å². The molecule has 1 N–H and O–H groups in total. The first-order valence-electron chi connectivity index (χ1n) is 8.67. The molecule has 1 atom stereocenters. The van der Waals surface area contributed by atoms with Gasteiger partial charge in [0, 0.05) is 46.4 Å². The molecule has 2 aromatic carbocycles. The standard InChI is InChI=1S/C19H26N3O2P/c1-24-25(23)21(13-12-20-16-18-8-4-2-5-9-18)14-15-22(25)17-19-10-6-3-7-11-19/h2-11,20H,12-17H2,1H3. The van der Waals surface area contributed by atoms with Crippen LogP contribution in [0.15, 0.2) is 60.7 Å². The summed E-state index contributed by atoms with van der Waals surface area (Å²) in [5.41, 5.74) is 2.41. The van der Waals surface area contributed by atoms with E-state index in [0.29, 0.717) is 13.1 Å². The predicted molar refractivity (Wildman–Crippen MR) is 101 cm³/mol. The fourth-order valence-corrected chi connectivity index (χ4v) is 5.33. The molecule has 1 saturated heterocycles. The number of nitrogens with zero attached hydrogens (tertiary/aromatic N) is 2. The summed E-state index contributed by atoms with van der Waals surface area (Å²) < 4.78 is 22.8. The highest BCUT2D eigenvalue weighted by Crippen LogP contribution is 2.57. The van der Waals surface area contributed by atoms with Crippen LogP contribution in [0.25, 0.3) is 0 Å². The van der Waals surface area contributed by atoms with Crippen LogP contribution in [0.2, 0.25) is 0 Å². The fourth-order valence-electron chi connectivity index (χ4n) is 3.13. The van der Waals surface area contributed by atoms with E-state index < -0.39 is 7.67 Å². The zero-order valence-corrected chi connectivity index (χ0v) is 15.6. The lowest BCUT2D eigenvalue weighted by Crippen LogP contribution is -2.29. The summed E-state index contributed by atoms with van der Waals surface area (Å²) in [4.78, 5) is 0. The molecule has 3 rings (SSSR count). The minimum absolute atomic E-state index is 0.653. The molecule has 1 fully saturated rings. The molecule has 0 amide bonds. The first-order valence-corrected chi connectivity index (χ1v) is 10.2. The van der Waals surface area contributed by atoms with Crippen LogP contribution in [-0.4, -0.2) is 42.6 Å². The third kappa shape index (κ3) is 4.57. The zero-order valence-electron chi connectivity index (χ0n) is 14.7. The Bertz CT molecular complexity index is 696. The average Bonchev–Trinajstić information content (AvgIpc) is 2.97. The zero-order chi connectivity index (χ0) is 17.5. The summed E-state index contributed by atoms with van der Waals surface area (Å²) in [5.74, 6) is 0. The van der Waals surface area contributed by atoms with Crippen molar-refractivity contribution in [2.75, 3.05) is 33.3 Å². The Hall–Kier alpha value is -1.49. The quantitative estimate of drug-likeness (QED) is 0.578. The summed E-state index contributed by atoms with van der Waals surface area (Å²) in [5, 5.41) is 3.42. The van der Waals surface area contributed by atoms with E-state index in [1.165, 1.54) is 5.56 Å². The molecule has 0 spiro atoms. The molecule has 6 heteroatoms. The Morgan fingerprint density at radius 3 is 2.20 bits per heavy atom. The van der Waals surface area contributed by atoms with Crippen molar-refractivity contribution < 1.29 is 9.09 Å². The Balaban J connectivity index is 1.52. The number of hydrogen-bond donors (Lipinski definition) is 1. The van der Waals surface area contributed by atoms with Gasteiger partial charge in [0.2, 0.25) is 0 Å². The predicted octanol–water partition coefficient (Wildman–Crippen LogP) is 3.35. The second kappa shape index (κ2) is 8.75. The molecule has 1 unspecified atom stereocenters. The summed E-state index contributed by atoms with van der Waals surface area (Å²) in [7, 11) is -1.37. The normalized spacial score (nSPS) is 21.6. The van der Waals surface area contributed by atoms with Crippen LogP contribution in [0, 0.1) is 0 Å². The topological polar surface area (TPSA) is 44.8 Å². The highest BCUT2D eigenvalue weighted by atomic mass is 31.2. The molecule has 1 aliphatic heterocycles. The second-order valence-electron chi connectivity index (χ2n) is 6.16. The summed E-state index contributed by atoms with van der Waals surface area (Å²) in [6.45, 7) is 4.49. The van der Waals surface area contributed by atoms with Crippen molar-refractivity contribution in [1.29, 1.82) is 0 Å². The SMILES string of the molecule is COP1(=O)N(CCNCc2ccccc2)CCN1Cc1ccccc1. The maximum Gasteiger partial charge on any atom is 0.346 e. The van der Waals surface area contributed by atoms with Crippen molar-refractivity contribution in [3.8, 4) is 0 Å². The number of hydrogen-bond acceptors (Lipinski definition) is 3. The van der Waals surface area contributed by atoms with Crippen molar-refractivity contribution in [2.24, 2.45) is 0 Å². The van der Waals surface area contributed by atoms with E-state index in [0.717, 1.165) is 31.7 Å². The summed E-state index contributed by atoms with van der Waals surface area (Å²) in [6, 6.07) is 20.4. The smallest absolute Gasteiger partial charge is 0.311 e. The molecule has 0 bridgehead atoms. The number of benzene rings is 2. The van der Waals surface area contributed by atoms with E-state index in [4.69, 9.17) is 4.52 Å². The van der Waals surface area contributed by atoms with Gasteiger partial charge < -0.3 is 9.84 Å². The van der Waals surface area contributed by atoms with Gasteiger partial charge in [-0.1, -0.05) is 60.7 Å². The molecule has 0 aliphatic carbocycles. The lowest BCUT2D eigenvalue weighted by molar-refractivity contribution is 0.293. The fraction of sp³-hybridized carbons (Fsp3) is 0.368. The number of rotatable bonds is 8. The van der Waals surface area contributed by atoms with Crippen molar-refractivity contribution in [1.82, 2.24) is 14.7 Å². The third-order valence-electron chi connectivity index (χ3n) is 4.50. The Morgan fingerprint density at radius 2 is 1.56 bits per heavy atom. The molecule has 0 saturated carbocycles. The molecule has 0 aromatic heterocycles. The lowest BCUT2D eigenvalue weighted by atomic mass is 10.2. The first-order chi connectivity index (χ1) is 12.2.